The van der Waals surface area contributed by atoms with Crippen molar-refractivity contribution in [2.45, 2.75) is 18.4 Å². The van der Waals surface area contributed by atoms with Crippen LogP contribution in [0.2, 0.25) is 0 Å². The molecule has 1 atom stereocenters. The normalized spacial score (nSPS) is 11.4. The Labute approximate surface area is 196 Å². The van der Waals surface area contributed by atoms with Crippen LogP contribution in [0.4, 0.5) is 4.79 Å². The van der Waals surface area contributed by atoms with Crippen molar-refractivity contribution >= 4 is 137 Å². The van der Waals surface area contributed by atoms with Gasteiger partial charge in [-0.2, -0.15) is 0 Å². The van der Waals surface area contributed by atoms with Crippen LogP contribution in [-0.2, 0) is 19.1 Å². The molecule has 4 N–H and O–H groups in total. The second-order valence-corrected chi connectivity index (χ2v) is 2.82. The topological polar surface area (TPSA) is 158 Å². The van der Waals surface area contributed by atoms with Crippen molar-refractivity contribution in [1.29, 1.82) is 0 Å². The van der Waals surface area contributed by atoms with E-state index in [0.29, 0.717) is 0 Å². The third-order valence-corrected chi connectivity index (χ3v) is 1.48. The molecule has 0 bridgehead atoms. The molecule has 9 nitrogen and oxygen atoms in total. The van der Waals surface area contributed by atoms with Gasteiger partial charge in [0.1, 0.15) is 0 Å². The van der Waals surface area contributed by atoms with Crippen LogP contribution in [0.25, 0.3) is 0 Å². The summed E-state index contributed by atoms with van der Waals surface area (Å²) in [5.74, 6) is -5.18. The molecule has 0 saturated carbocycles. The average molecular weight is 362 g/mol. The molecule has 0 aliphatic rings. The molecule has 0 fully saturated rings. The van der Waals surface area contributed by atoms with Gasteiger partial charge in [0.2, 0.25) is 0 Å². The van der Waals surface area contributed by atoms with Gasteiger partial charge in [0, 0.05) is 0 Å². The van der Waals surface area contributed by atoms with Gasteiger partial charge in [0.25, 0.3) is 0 Å². The van der Waals surface area contributed by atoms with Crippen LogP contribution in [0.3, 0.4) is 0 Å². The van der Waals surface area contributed by atoms with Crippen LogP contribution in [0, 0.1) is 0 Å². The van der Waals surface area contributed by atoms with Gasteiger partial charge >= 0.3 is 137 Å². The molecule has 0 rings (SSSR count). The standard InChI is InChI=1S/C7H8O9.3Ca.6H/c8-3(9)1-7(15,5(11)12)2-4(10)16-6(13)14;;;;;;;;;/h15H,1-2H2,(H,8,9)(H,11,12)(H,13,14);;;;;;;;;. The van der Waals surface area contributed by atoms with E-state index in [-0.39, 0.29) is 113 Å². The van der Waals surface area contributed by atoms with Gasteiger partial charge in [-0.15, -0.1) is 0 Å². The van der Waals surface area contributed by atoms with Crippen molar-refractivity contribution in [1.82, 2.24) is 0 Å². The molecule has 0 heterocycles. The number of carbonyl (C=O) groups is 4. The van der Waals surface area contributed by atoms with E-state index in [1.165, 1.54) is 0 Å². The van der Waals surface area contributed by atoms with Gasteiger partial charge in [-0.1, -0.05) is 0 Å². The van der Waals surface area contributed by atoms with E-state index in [2.05, 4.69) is 4.74 Å². The van der Waals surface area contributed by atoms with Crippen molar-refractivity contribution in [3.63, 3.8) is 0 Å². The number of carbonyl (C=O) groups excluding carboxylic acids is 1. The Bertz CT molecular complexity index is 345. The van der Waals surface area contributed by atoms with E-state index in [4.69, 9.17) is 15.3 Å². The molecule has 0 aromatic rings. The summed E-state index contributed by atoms with van der Waals surface area (Å²) in [7, 11) is 0. The van der Waals surface area contributed by atoms with E-state index in [1.807, 2.05) is 0 Å². The second-order valence-electron chi connectivity index (χ2n) is 2.82. The summed E-state index contributed by atoms with van der Waals surface area (Å²) in [6, 6.07) is 0. The minimum absolute atomic E-state index is 0. The van der Waals surface area contributed by atoms with Gasteiger partial charge < -0.3 is 25.2 Å². The van der Waals surface area contributed by atoms with Crippen LogP contribution in [0.5, 0.6) is 0 Å². The monoisotopic (exact) mass is 362 g/mol. The third kappa shape index (κ3) is 13.0. The van der Waals surface area contributed by atoms with Gasteiger partial charge in [0.15, 0.2) is 5.60 Å². The minimum atomic E-state index is -2.89. The first-order chi connectivity index (χ1) is 7.17. The number of hydrogen-bond acceptors (Lipinski definition) is 6. The zero-order chi connectivity index (χ0) is 12.9. The summed E-state index contributed by atoms with van der Waals surface area (Å²) in [4.78, 5) is 41.4. The Kier molecular flexibility index (Phi) is 20.1. The van der Waals surface area contributed by atoms with Crippen LogP contribution >= 0.6 is 0 Å². The maximum absolute atomic E-state index is 10.7. The van der Waals surface area contributed by atoms with E-state index in [0.717, 1.165) is 0 Å². The Balaban J connectivity index is -0.000000375. The SMILES string of the molecule is O=C(O)CC(O)(CC(=O)OC(=O)O)C(=O)O.[CaH2].[CaH2].[CaH2]. The fourth-order valence-electron chi connectivity index (χ4n) is 0.836. The Morgan fingerprint density at radius 1 is 0.895 bits per heavy atom. The van der Waals surface area contributed by atoms with Gasteiger partial charge in [-0.05, 0) is 0 Å². The van der Waals surface area contributed by atoms with Crippen molar-refractivity contribution in [2.24, 2.45) is 0 Å². The van der Waals surface area contributed by atoms with E-state index >= 15 is 0 Å². The number of aliphatic hydroxyl groups is 1. The number of carboxylic acids is 2. The number of hydrogen-bond donors (Lipinski definition) is 4. The number of rotatable bonds is 5. The number of ether oxygens (including phenoxy) is 1. The van der Waals surface area contributed by atoms with Crippen molar-refractivity contribution in [3.8, 4) is 0 Å². The molecule has 0 amide bonds. The molecule has 0 aromatic heterocycles. The van der Waals surface area contributed by atoms with Crippen LogP contribution in [0.1, 0.15) is 12.8 Å². The fraction of sp³-hybridized carbons (Fsp3) is 0.429. The first-order valence-electron chi connectivity index (χ1n) is 3.78. The molecule has 0 spiro atoms. The maximum atomic E-state index is 10.7. The zero-order valence-corrected chi connectivity index (χ0v) is 7.74. The fourth-order valence-corrected chi connectivity index (χ4v) is 0.836. The number of aliphatic carboxylic acids is 2. The van der Waals surface area contributed by atoms with Gasteiger partial charge in [-0.3, -0.25) is 9.59 Å². The summed E-state index contributed by atoms with van der Waals surface area (Å²) < 4.78 is 3.54. The van der Waals surface area contributed by atoms with E-state index in [9.17, 15) is 24.3 Å². The van der Waals surface area contributed by atoms with Crippen LogP contribution in [0.15, 0.2) is 0 Å². The Hall–Kier alpha value is 1.62. The first-order valence-corrected chi connectivity index (χ1v) is 3.78. The molecular formula is C7H14Ca3O9. The second kappa shape index (κ2) is 13.3. The third-order valence-electron chi connectivity index (χ3n) is 1.48. The summed E-state index contributed by atoms with van der Waals surface area (Å²) >= 11 is 0. The molecule has 0 aromatic carbocycles. The quantitative estimate of drug-likeness (QED) is 0.218. The van der Waals surface area contributed by atoms with Crippen molar-refractivity contribution < 1.29 is 44.3 Å². The molecule has 19 heavy (non-hydrogen) atoms. The zero-order valence-electron chi connectivity index (χ0n) is 7.74. The van der Waals surface area contributed by atoms with Crippen LogP contribution < -0.4 is 0 Å². The Morgan fingerprint density at radius 3 is 1.58 bits per heavy atom. The molecule has 12 heteroatoms. The molecule has 0 aliphatic heterocycles. The van der Waals surface area contributed by atoms with E-state index < -0.39 is 42.5 Å². The average Bonchev–Trinajstić information content (AvgIpc) is 1.98. The van der Waals surface area contributed by atoms with E-state index in [1.54, 1.807) is 0 Å². The summed E-state index contributed by atoms with van der Waals surface area (Å²) in [5, 5.41) is 34.1. The number of carboxylic acid groups (broad SMARTS) is 3. The van der Waals surface area contributed by atoms with Gasteiger partial charge in [-0.25, -0.2) is 9.59 Å². The summed E-state index contributed by atoms with van der Waals surface area (Å²) in [6.45, 7) is 0. The predicted molar refractivity (Wildman–Crippen MR) is 69.2 cm³/mol. The Morgan fingerprint density at radius 2 is 1.32 bits per heavy atom. The summed E-state index contributed by atoms with van der Waals surface area (Å²) in [5.41, 5.74) is -2.89. The van der Waals surface area contributed by atoms with Crippen LogP contribution in [-0.4, -0.2) is 163 Å². The first kappa shape index (κ1) is 28.7. The predicted octanol–water partition coefficient (Wildman–Crippen LogP) is -3.86. The van der Waals surface area contributed by atoms with Crippen molar-refractivity contribution in [2.75, 3.05) is 0 Å². The summed E-state index contributed by atoms with van der Waals surface area (Å²) in [6.07, 6.45) is -4.51. The molecular weight excluding hydrogens is 348 g/mol. The van der Waals surface area contributed by atoms with Crippen molar-refractivity contribution in [3.05, 3.63) is 0 Å². The molecule has 0 aliphatic carbocycles. The molecule has 0 radical (unpaired) electrons. The van der Waals surface area contributed by atoms with Gasteiger partial charge in [0.05, 0.1) is 12.8 Å². The molecule has 0 saturated heterocycles. The number of esters is 1. The molecule has 1 unspecified atom stereocenters. The molecule has 102 valence electrons.